The molecule has 10 atom stereocenters. The molecular weight excluding hydrogens is 1070 g/mol. The van der Waals surface area contributed by atoms with Gasteiger partial charge in [0.2, 0.25) is 23.6 Å². The first kappa shape index (κ1) is 73.6. The molecule has 0 spiro atoms. The Hall–Kier alpha value is -7.46. The number of nitrogens with one attached hydrogen (secondary N) is 4. The molecule has 0 heterocycles. The van der Waals surface area contributed by atoms with Gasteiger partial charge in [0.1, 0.15) is 6.10 Å². The predicted molar refractivity (Wildman–Crippen MR) is 339 cm³/mol. The molecule has 4 amide bonds. The van der Waals surface area contributed by atoms with Crippen LogP contribution in [0.5, 0.6) is 0 Å². The van der Waals surface area contributed by atoms with Gasteiger partial charge in [-0.1, -0.05) is 159 Å². The summed E-state index contributed by atoms with van der Waals surface area (Å²) in [7, 11) is 0. The number of esters is 1. The number of rotatable bonds is 39. The summed E-state index contributed by atoms with van der Waals surface area (Å²) >= 11 is 0. The van der Waals surface area contributed by atoms with Gasteiger partial charge in [-0.2, -0.15) is 0 Å². The molecule has 3 unspecified atom stereocenters. The first-order valence-corrected chi connectivity index (χ1v) is 30.1. The molecule has 4 rings (SSSR count). The standard InChI is InChI=1S/C35H48N2O5.C21H32N2O4.C14H18O2/c1-5-8-11-21-30(24-27-17-12-9-13-18-27)35(41)42-33(28-19-14-10-15-20-28)31(7-3)37-34(40)29(16-6-2)25-32(39)36-26(4)22-23-38;1-4-9-17(14-19(25)22-15(3)12-13-24)21(27)23-18(5-2)20(26)16-10-7-6-8-11-16;1-2-3-5-10-13(14(15)16)11-12-8-6-4-7-9-12/h5-6,9-10,12-15,17-20,26,29-31,33,38H,1-2,7-8,11,16,21-25H2,3-4H3,(H,36,39)(H,37,40);4,6-8,10-11,15,17-18,20,24,26H,1,5,9,12-14H2,2-3H3,(H,22,25)(H,23,27);2,4,6-9,13H,1,3,5,10-11H2,(H,15,16)/t26-,29+,30+,31-,33?;15-,17+,18-,20?;/m00./s1. The smallest absolute Gasteiger partial charge is 0.309 e. The predicted octanol–water partition coefficient (Wildman–Crippen LogP) is 11.2. The molecule has 4 aromatic rings. The Morgan fingerprint density at radius 3 is 1.28 bits per heavy atom. The maximum atomic E-state index is 13.7. The molecule has 0 aliphatic rings. The van der Waals surface area contributed by atoms with E-state index in [1.54, 1.807) is 19.1 Å². The van der Waals surface area contributed by atoms with Gasteiger partial charge in [-0.15, -0.1) is 26.3 Å². The summed E-state index contributed by atoms with van der Waals surface area (Å²) in [5.74, 6) is -3.88. The Labute approximate surface area is 506 Å². The monoisotopic (exact) mass is 1170 g/mol. The zero-order chi connectivity index (χ0) is 62.8. The van der Waals surface area contributed by atoms with E-state index < -0.39 is 42.1 Å². The lowest BCUT2D eigenvalue weighted by Gasteiger charge is -2.30. The zero-order valence-corrected chi connectivity index (χ0v) is 50.8. The number of carbonyl (C=O) groups excluding carboxylic acids is 5. The number of aliphatic hydroxyl groups excluding tert-OH is 3. The minimum atomic E-state index is -0.817. The van der Waals surface area contributed by atoms with Crippen molar-refractivity contribution in [3.8, 4) is 0 Å². The quantitative estimate of drug-likeness (QED) is 0.0119. The van der Waals surface area contributed by atoms with Crippen molar-refractivity contribution in [1.29, 1.82) is 0 Å². The van der Waals surface area contributed by atoms with Crippen LogP contribution < -0.4 is 21.3 Å². The van der Waals surface area contributed by atoms with Gasteiger partial charge in [0.25, 0.3) is 0 Å². The molecule has 0 aromatic heterocycles. The average Bonchev–Trinajstić information content (AvgIpc) is 3.67. The minimum absolute atomic E-state index is 0.00638. The van der Waals surface area contributed by atoms with E-state index in [1.807, 2.05) is 154 Å². The highest BCUT2D eigenvalue weighted by Gasteiger charge is 2.33. The third kappa shape index (κ3) is 30.3. The maximum absolute atomic E-state index is 13.7. The maximum Gasteiger partial charge on any atom is 0.309 e. The van der Waals surface area contributed by atoms with Gasteiger partial charge in [-0.05, 0) is 126 Å². The molecule has 0 saturated heterocycles. The fourth-order valence-corrected chi connectivity index (χ4v) is 9.57. The molecule has 0 radical (unpaired) electrons. The molecule has 464 valence electrons. The molecular formula is C70H98N4O11. The summed E-state index contributed by atoms with van der Waals surface area (Å²) in [5.41, 5.74) is 3.68. The fraction of sp³-hybridized carbons (Fsp3) is 0.457. The lowest BCUT2D eigenvalue weighted by atomic mass is 9.93. The molecule has 15 nitrogen and oxygen atoms in total. The Kier molecular flexibility index (Phi) is 38.2. The number of carbonyl (C=O) groups is 6. The Morgan fingerprint density at radius 1 is 0.506 bits per heavy atom. The van der Waals surface area contributed by atoms with E-state index >= 15 is 0 Å². The van der Waals surface area contributed by atoms with E-state index in [4.69, 9.17) is 20.1 Å². The molecule has 0 bridgehead atoms. The van der Waals surface area contributed by atoms with E-state index in [0.717, 1.165) is 54.4 Å². The number of hydrogen-bond acceptors (Lipinski definition) is 10. The highest BCUT2D eigenvalue weighted by Crippen LogP contribution is 2.29. The number of carboxylic acid groups (broad SMARTS) is 1. The van der Waals surface area contributed by atoms with Crippen molar-refractivity contribution in [2.75, 3.05) is 13.2 Å². The Bertz CT molecular complexity index is 2550. The van der Waals surface area contributed by atoms with E-state index in [0.29, 0.717) is 57.8 Å². The zero-order valence-electron chi connectivity index (χ0n) is 50.8. The van der Waals surface area contributed by atoms with Crippen LogP contribution in [0.2, 0.25) is 0 Å². The van der Waals surface area contributed by atoms with Crippen LogP contribution in [0, 0.1) is 23.7 Å². The number of hydrogen-bond donors (Lipinski definition) is 8. The van der Waals surface area contributed by atoms with Crippen LogP contribution in [0.4, 0.5) is 0 Å². The second kappa shape index (κ2) is 44.1. The normalized spacial score (nSPS) is 14.2. The van der Waals surface area contributed by atoms with Crippen LogP contribution in [-0.4, -0.2) is 93.4 Å². The molecule has 0 fully saturated rings. The van der Waals surface area contributed by atoms with Gasteiger partial charge in [0.05, 0.1) is 41.9 Å². The van der Waals surface area contributed by atoms with Crippen LogP contribution >= 0.6 is 0 Å². The first-order chi connectivity index (χ1) is 41.0. The summed E-state index contributed by atoms with van der Waals surface area (Å²) in [6.45, 7) is 22.3. The van der Waals surface area contributed by atoms with Crippen molar-refractivity contribution in [3.63, 3.8) is 0 Å². The summed E-state index contributed by atoms with van der Waals surface area (Å²) in [6, 6.07) is 37.0. The van der Waals surface area contributed by atoms with Gasteiger partial charge in [0, 0.05) is 38.1 Å². The van der Waals surface area contributed by atoms with Gasteiger partial charge in [-0.25, -0.2) is 0 Å². The van der Waals surface area contributed by atoms with Crippen molar-refractivity contribution in [1.82, 2.24) is 21.3 Å². The molecule has 4 aromatic carbocycles. The molecule has 0 aliphatic carbocycles. The molecule has 15 heteroatoms. The van der Waals surface area contributed by atoms with Crippen LogP contribution in [0.1, 0.15) is 152 Å². The van der Waals surface area contributed by atoms with Crippen LogP contribution in [0.25, 0.3) is 0 Å². The van der Waals surface area contributed by atoms with Gasteiger partial charge in [-0.3, -0.25) is 28.8 Å². The van der Waals surface area contributed by atoms with Crippen molar-refractivity contribution in [2.24, 2.45) is 23.7 Å². The second-order valence-corrected chi connectivity index (χ2v) is 21.5. The van der Waals surface area contributed by atoms with Gasteiger partial charge >= 0.3 is 11.9 Å². The first-order valence-electron chi connectivity index (χ1n) is 30.1. The molecule has 85 heavy (non-hydrogen) atoms. The SMILES string of the molecule is C=CCCCC(Cc1ccccc1)C(=O)O.C=CCCC[C@H](Cc1ccccc1)C(=O)OC(c1ccccc1)[C@H](CC)NC(=O)[C@H](CC=C)CC(=O)N[C@@H](C)CCO.C=CC[C@H](CC(=O)N[C@@H](C)CCO)C(=O)N[C@@H](CC)C(O)c1ccccc1. The third-order valence-corrected chi connectivity index (χ3v) is 14.5. The van der Waals surface area contributed by atoms with Gasteiger partial charge < -0.3 is 46.4 Å². The number of amides is 4. The minimum Gasteiger partial charge on any atom is -0.481 e. The largest absolute Gasteiger partial charge is 0.481 e. The summed E-state index contributed by atoms with van der Waals surface area (Å²) in [6.07, 6.45) is 14.1. The average molecular weight is 1170 g/mol. The molecule has 8 N–H and O–H groups in total. The second-order valence-electron chi connectivity index (χ2n) is 21.5. The van der Waals surface area contributed by atoms with E-state index in [2.05, 4.69) is 47.6 Å². The van der Waals surface area contributed by atoms with Crippen molar-refractivity contribution in [2.45, 2.75) is 167 Å². The number of allylic oxidation sites excluding steroid dienone is 4. The summed E-state index contributed by atoms with van der Waals surface area (Å²) < 4.78 is 6.25. The van der Waals surface area contributed by atoms with Crippen molar-refractivity contribution >= 4 is 35.6 Å². The van der Waals surface area contributed by atoms with Crippen LogP contribution in [0.3, 0.4) is 0 Å². The van der Waals surface area contributed by atoms with Crippen molar-refractivity contribution in [3.05, 3.63) is 194 Å². The Balaban J connectivity index is 0.000000487. The molecule has 0 aliphatic heterocycles. The van der Waals surface area contributed by atoms with E-state index in [-0.39, 0.29) is 79.6 Å². The molecule has 0 saturated carbocycles. The number of benzene rings is 4. The number of aliphatic carboxylic acids is 1. The lowest BCUT2D eigenvalue weighted by molar-refractivity contribution is -0.157. The van der Waals surface area contributed by atoms with Crippen LogP contribution in [0.15, 0.2) is 172 Å². The number of aliphatic hydroxyl groups is 3. The highest BCUT2D eigenvalue weighted by atomic mass is 16.5. The van der Waals surface area contributed by atoms with Crippen LogP contribution in [-0.2, 0) is 46.3 Å². The Morgan fingerprint density at radius 2 is 0.894 bits per heavy atom. The van der Waals surface area contributed by atoms with E-state index in [1.165, 1.54) is 0 Å². The lowest BCUT2D eigenvalue weighted by Crippen LogP contribution is -2.45. The number of ether oxygens (including phenoxy) is 1. The van der Waals surface area contributed by atoms with E-state index in [9.17, 15) is 33.9 Å². The number of carboxylic acids is 1. The van der Waals surface area contributed by atoms with Gasteiger partial charge in [0.15, 0.2) is 0 Å². The fourth-order valence-electron chi connectivity index (χ4n) is 9.57. The summed E-state index contributed by atoms with van der Waals surface area (Å²) in [5, 5.41) is 49.3. The third-order valence-electron chi connectivity index (χ3n) is 14.5. The summed E-state index contributed by atoms with van der Waals surface area (Å²) in [4.78, 5) is 75.8. The number of unbranched alkanes of at least 4 members (excludes halogenated alkanes) is 2. The van der Waals surface area contributed by atoms with Crippen molar-refractivity contribution < 1.29 is 53.9 Å². The highest BCUT2D eigenvalue weighted by molar-refractivity contribution is 5.87. The topological polar surface area (TPSA) is 241 Å².